The molecule has 5 heteroatoms. The van der Waals surface area contributed by atoms with Crippen LogP contribution in [0.15, 0.2) is 18.2 Å². The summed E-state index contributed by atoms with van der Waals surface area (Å²) in [5.41, 5.74) is 6.50. The average Bonchev–Trinajstić information content (AvgIpc) is 2.47. The van der Waals surface area contributed by atoms with Crippen LogP contribution < -0.4 is 15.2 Å². The monoisotopic (exact) mass is 262 g/mol. The van der Waals surface area contributed by atoms with E-state index in [2.05, 4.69) is 0 Å². The highest BCUT2D eigenvalue weighted by Gasteiger charge is 2.23. The number of rotatable bonds is 1. The summed E-state index contributed by atoms with van der Waals surface area (Å²) < 4.78 is 11.0. The summed E-state index contributed by atoms with van der Waals surface area (Å²) in [6, 6.07) is 5.59. The Hall–Kier alpha value is -1.75. The van der Waals surface area contributed by atoms with Gasteiger partial charge in [0.2, 0.25) is 0 Å². The Morgan fingerprint density at radius 1 is 1.16 bits per heavy atom. The number of likely N-dealkylation sites (tertiary alicyclic amines) is 1. The first-order valence-corrected chi connectivity index (χ1v) is 6.68. The van der Waals surface area contributed by atoms with E-state index in [9.17, 15) is 4.79 Å². The van der Waals surface area contributed by atoms with Crippen molar-refractivity contribution in [3.05, 3.63) is 23.8 Å². The second kappa shape index (κ2) is 5.09. The molecule has 2 aliphatic heterocycles. The molecule has 19 heavy (non-hydrogen) atoms. The summed E-state index contributed by atoms with van der Waals surface area (Å²) in [6.07, 6.45) is 1.74. The summed E-state index contributed by atoms with van der Waals surface area (Å²) in [6.45, 7) is 2.55. The first-order chi connectivity index (χ1) is 9.24. The third-order valence-electron chi connectivity index (χ3n) is 3.62. The molecule has 3 rings (SSSR count). The third kappa shape index (κ3) is 2.51. The summed E-state index contributed by atoms with van der Waals surface area (Å²) >= 11 is 0. The van der Waals surface area contributed by atoms with Crippen LogP contribution >= 0.6 is 0 Å². The van der Waals surface area contributed by atoms with Gasteiger partial charge in [-0.25, -0.2) is 0 Å². The maximum atomic E-state index is 12.4. The first-order valence-electron chi connectivity index (χ1n) is 6.68. The second-order valence-electron chi connectivity index (χ2n) is 4.99. The standard InChI is InChI=1S/C14H18N2O3/c15-11-3-5-16(6-4-11)14(17)10-1-2-12-13(9-10)19-8-7-18-12/h1-2,9,11H,3-8,15H2. The molecule has 0 unspecified atom stereocenters. The van der Waals surface area contributed by atoms with Gasteiger partial charge in [-0.15, -0.1) is 0 Å². The number of hydrogen-bond donors (Lipinski definition) is 1. The summed E-state index contributed by atoms with van der Waals surface area (Å²) in [5, 5.41) is 0. The number of benzene rings is 1. The highest BCUT2D eigenvalue weighted by atomic mass is 16.6. The van der Waals surface area contributed by atoms with Crippen molar-refractivity contribution in [1.82, 2.24) is 4.90 Å². The van der Waals surface area contributed by atoms with Crippen molar-refractivity contribution >= 4 is 5.91 Å². The molecule has 2 aliphatic rings. The number of carbonyl (C=O) groups excluding carboxylic acids is 1. The molecule has 0 atom stereocenters. The van der Waals surface area contributed by atoms with E-state index in [1.807, 2.05) is 4.90 Å². The van der Waals surface area contributed by atoms with Gasteiger partial charge in [-0.2, -0.15) is 0 Å². The number of ether oxygens (including phenoxy) is 2. The van der Waals surface area contributed by atoms with Crippen molar-refractivity contribution in [2.24, 2.45) is 5.73 Å². The van der Waals surface area contributed by atoms with Crippen molar-refractivity contribution in [2.75, 3.05) is 26.3 Å². The van der Waals surface area contributed by atoms with E-state index >= 15 is 0 Å². The summed E-state index contributed by atoms with van der Waals surface area (Å²) in [4.78, 5) is 14.2. The lowest BCUT2D eigenvalue weighted by Gasteiger charge is -2.30. The van der Waals surface area contributed by atoms with Crippen LogP contribution in [0, 0.1) is 0 Å². The Morgan fingerprint density at radius 3 is 2.58 bits per heavy atom. The van der Waals surface area contributed by atoms with E-state index in [1.165, 1.54) is 0 Å². The molecule has 1 aromatic carbocycles. The Kier molecular flexibility index (Phi) is 3.29. The fourth-order valence-electron chi connectivity index (χ4n) is 2.46. The predicted molar refractivity (Wildman–Crippen MR) is 70.5 cm³/mol. The van der Waals surface area contributed by atoms with Crippen LogP contribution in [0.2, 0.25) is 0 Å². The number of piperidine rings is 1. The Bertz CT molecular complexity index is 482. The molecule has 0 aromatic heterocycles. The summed E-state index contributed by atoms with van der Waals surface area (Å²) in [5.74, 6) is 1.41. The van der Waals surface area contributed by atoms with Gasteiger partial charge in [0.25, 0.3) is 5.91 Å². The molecule has 0 spiro atoms. The van der Waals surface area contributed by atoms with Crippen LogP contribution in [-0.4, -0.2) is 43.2 Å². The van der Waals surface area contributed by atoms with Gasteiger partial charge in [0.1, 0.15) is 13.2 Å². The number of fused-ring (bicyclic) bond motifs is 1. The Balaban J connectivity index is 1.76. The van der Waals surface area contributed by atoms with Gasteiger partial charge in [-0.05, 0) is 31.0 Å². The van der Waals surface area contributed by atoms with E-state index in [1.54, 1.807) is 18.2 Å². The number of nitrogens with zero attached hydrogens (tertiary/aromatic N) is 1. The van der Waals surface area contributed by atoms with Gasteiger partial charge >= 0.3 is 0 Å². The van der Waals surface area contributed by atoms with Crippen LogP contribution in [0.3, 0.4) is 0 Å². The molecule has 0 aliphatic carbocycles. The zero-order chi connectivity index (χ0) is 13.2. The molecule has 5 nitrogen and oxygen atoms in total. The second-order valence-corrected chi connectivity index (χ2v) is 4.99. The summed E-state index contributed by atoms with van der Waals surface area (Å²) in [7, 11) is 0. The molecule has 0 bridgehead atoms. The van der Waals surface area contributed by atoms with Crippen molar-refractivity contribution in [3.8, 4) is 11.5 Å². The van der Waals surface area contributed by atoms with Crippen LogP contribution in [-0.2, 0) is 0 Å². The number of nitrogens with two attached hydrogens (primary N) is 1. The molecule has 102 valence electrons. The van der Waals surface area contributed by atoms with Gasteiger partial charge in [0, 0.05) is 24.7 Å². The molecule has 0 radical (unpaired) electrons. The smallest absolute Gasteiger partial charge is 0.253 e. The average molecular weight is 262 g/mol. The Morgan fingerprint density at radius 2 is 1.84 bits per heavy atom. The van der Waals surface area contributed by atoms with Crippen LogP contribution in [0.4, 0.5) is 0 Å². The molecule has 1 amide bonds. The molecule has 2 N–H and O–H groups in total. The van der Waals surface area contributed by atoms with Crippen LogP contribution in [0.1, 0.15) is 23.2 Å². The lowest BCUT2D eigenvalue weighted by Crippen LogP contribution is -2.42. The zero-order valence-corrected chi connectivity index (χ0v) is 10.8. The van der Waals surface area contributed by atoms with E-state index in [0.29, 0.717) is 30.3 Å². The maximum Gasteiger partial charge on any atom is 0.253 e. The highest BCUT2D eigenvalue weighted by molar-refractivity contribution is 5.95. The van der Waals surface area contributed by atoms with Gasteiger partial charge in [0.15, 0.2) is 11.5 Å². The normalized spacial score (nSPS) is 19.3. The minimum atomic E-state index is 0.0453. The quantitative estimate of drug-likeness (QED) is 0.820. The maximum absolute atomic E-state index is 12.4. The fourth-order valence-corrected chi connectivity index (χ4v) is 2.46. The van der Waals surface area contributed by atoms with E-state index in [-0.39, 0.29) is 11.9 Å². The van der Waals surface area contributed by atoms with Gasteiger partial charge < -0.3 is 20.1 Å². The lowest BCUT2D eigenvalue weighted by molar-refractivity contribution is 0.0713. The topological polar surface area (TPSA) is 64.8 Å². The van der Waals surface area contributed by atoms with E-state index in [4.69, 9.17) is 15.2 Å². The minimum absolute atomic E-state index is 0.0453. The van der Waals surface area contributed by atoms with E-state index < -0.39 is 0 Å². The van der Waals surface area contributed by atoms with Crippen LogP contribution in [0.5, 0.6) is 11.5 Å². The molecule has 1 aromatic rings. The SMILES string of the molecule is NC1CCN(C(=O)c2ccc3c(c2)OCCO3)CC1. The molecule has 1 saturated heterocycles. The molecule has 2 heterocycles. The third-order valence-corrected chi connectivity index (χ3v) is 3.62. The first kappa shape index (κ1) is 12.3. The van der Waals surface area contributed by atoms with Gasteiger partial charge in [0.05, 0.1) is 0 Å². The number of amides is 1. The molecule has 0 saturated carbocycles. The molecular weight excluding hydrogens is 244 g/mol. The fraction of sp³-hybridized carbons (Fsp3) is 0.500. The van der Waals surface area contributed by atoms with Crippen molar-refractivity contribution in [2.45, 2.75) is 18.9 Å². The zero-order valence-electron chi connectivity index (χ0n) is 10.8. The van der Waals surface area contributed by atoms with E-state index in [0.717, 1.165) is 25.9 Å². The van der Waals surface area contributed by atoms with Crippen molar-refractivity contribution in [3.63, 3.8) is 0 Å². The molecular formula is C14H18N2O3. The highest BCUT2D eigenvalue weighted by Crippen LogP contribution is 2.31. The Labute approximate surface area is 112 Å². The largest absolute Gasteiger partial charge is 0.486 e. The number of carbonyl (C=O) groups is 1. The van der Waals surface area contributed by atoms with Crippen LogP contribution in [0.25, 0.3) is 0 Å². The van der Waals surface area contributed by atoms with Crippen molar-refractivity contribution in [1.29, 1.82) is 0 Å². The minimum Gasteiger partial charge on any atom is -0.486 e. The molecule has 1 fully saturated rings. The predicted octanol–water partition coefficient (Wildman–Crippen LogP) is 1.02. The van der Waals surface area contributed by atoms with Gasteiger partial charge in [-0.3, -0.25) is 4.79 Å². The van der Waals surface area contributed by atoms with Gasteiger partial charge in [-0.1, -0.05) is 0 Å². The lowest BCUT2D eigenvalue weighted by atomic mass is 10.0. The number of hydrogen-bond acceptors (Lipinski definition) is 4. The van der Waals surface area contributed by atoms with Crippen molar-refractivity contribution < 1.29 is 14.3 Å².